The number of carbonyl (C=O) groups is 2. The molecule has 2 aromatic heterocycles. The van der Waals surface area contributed by atoms with Crippen LogP contribution in [0.1, 0.15) is 54.2 Å². The monoisotopic (exact) mass is 399 g/mol. The number of aromatic nitrogens is 3. The van der Waals surface area contributed by atoms with E-state index in [0.29, 0.717) is 18.0 Å². The molecule has 2 fully saturated rings. The normalized spacial score (nSPS) is 25.7. The molecule has 3 atom stereocenters. The number of H-pyrrole nitrogens is 2. The first-order valence-electron chi connectivity index (χ1n) is 10.4. The average molecular weight is 399 g/mol. The van der Waals surface area contributed by atoms with E-state index in [9.17, 15) is 9.59 Å². The van der Waals surface area contributed by atoms with Gasteiger partial charge >= 0.3 is 0 Å². The summed E-state index contributed by atoms with van der Waals surface area (Å²) in [7, 11) is 1.65. The van der Waals surface area contributed by atoms with Gasteiger partial charge in [-0.2, -0.15) is 5.10 Å². The average Bonchev–Trinajstić information content (AvgIpc) is 3.48. The molecule has 1 saturated heterocycles. The number of methoxy groups -OCH3 is 1. The molecule has 3 N–H and O–H groups in total. The van der Waals surface area contributed by atoms with Crippen molar-refractivity contribution in [2.24, 2.45) is 5.92 Å². The van der Waals surface area contributed by atoms with Crippen LogP contribution in [0.5, 0.6) is 0 Å². The summed E-state index contributed by atoms with van der Waals surface area (Å²) in [5, 5.41) is 10.1. The number of hydrogen-bond donors (Lipinski definition) is 3. The molecule has 4 rings (SSSR count). The number of ether oxygens (including phenoxy) is 1. The summed E-state index contributed by atoms with van der Waals surface area (Å²) >= 11 is 0. The molecule has 2 aromatic rings. The maximum absolute atomic E-state index is 13.1. The van der Waals surface area contributed by atoms with Gasteiger partial charge < -0.3 is 19.9 Å². The minimum absolute atomic E-state index is 0.0395. The zero-order valence-electron chi connectivity index (χ0n) is 16.8. The Bertz CT molecular complexity index is 796. The molecular formula is C21H29N5O3. The number of amides is 2. The minimum atomic E-state index is -0.154. The van der Waals surface area contributed by atoms with Gasteiger partial charge in [-0.15, -0.1) is 0 Å². The Morgan fingerprint density at radius 1 is 1.21 bits per heavy atom. The fourth-order valence-electron chi connectivity index (χ4n) is 4.66. The van der Waals surface area contributed by atoms with Gasteiger partial charge in [-0.05, 0) is 50.3 Å². The maximum Gasteiger partial charge on any atom is 0.267 e. The van der Waals surface area contributed by atoms with Gasteiger partial charge in [-0.25, -0.2) is 0 Å². The van der Waals surface area contributed by atoms with E-state index < -0.39 is 0 Å². The molecular weight excluding hydrogens is 370 g/mol. The molecule has 29 heavy (non-hydrogen) atoms. The van der Waals surface area contributed by atoms with E-state index in [2.05, 4.69) is 20.5 Å². The van der Waals surface area contributed by atoms with Crippen molar-refractivity contribution in [3.05, 3.63) is 42.0 Å². The van der Waals surface area contributed by atoms with Crippen molar-refractivity contribution in [1.29, 1.82) is 0 Å². The third-order valence-electron chi connectivity index (χ3n) is 6.37. The number of hydrogen-bond acceptors (Lipinski definition) is 4. The number of carbonyl (C=O) groups excluding carboxylic acids is 2. The van der Waals surface area contributed by atoms with Crippen molar-refractivity contribution in [1.82, 2.24) is 25.4 Å². The van der Waals surface area contributed by atoms with Crippen molar-refractivity contribution in [3.63, 3.8) is 0 Å². The molecule has 0 radical (unpaired) electrons. The highest BCUT2D eigenvalue weighted by Gasteiger charge is 2.37. The Kier molecular flexibility index (Phi) is 5.99. The molecule has 0 aromatic carbocycles. The second kappa shape index (κ2) is 8.82. The Morgan fingerprint density at radius 2 is 2.03 bits per heavy atom. The highest BCUT2D eigenvalue weighted by atomic mass is 16.5. The lowest BCUT2D eigenvalue weighted by Gasteiger charge is -2.39. The van der Waals surface area contributed by atoms with Crippen LogP contribution < -0.4 is 5.32 Å². The maximum atomic E-state index is 13.1. The van der Waals surface area contributed by atoms with E-state index in [1.165, 1.54) is 0 Å². The van der Waals surface area contributed by atoms with Crippen LogP contribution in [0.15, 0.2) is 30.6 Å². The van der Waals surface area contributed by atoms with Gasteiger partial charge in [0.1, 0.15) is 5.69 Å². The van der Waals surface area contributed by atoms with Crippen molar-refractivity contribution in [2.75, 3.05) is 20.2 Å². The topological polar surface area (TPSA) is 103 Å². The van der Waals surface area contributed by atoms with E-state index in [1.54, 1.807) is 31.6 Å². The summed E-state index contributed by atoms with van der Waals surface area (Å²) in [5.74, 6) is 0.506. The molecule has 2 amide bonds. The number of nitrogens with one attached hydrogen (secondary N) is 3. The molecule has 1 aliphatic carbocycles. The molecule has 2 aliphatic rings. The van der Waals surface area contributed by atoms with Gasteiger partial charge in [-0.3, -0.25) is 14.7 Å². The molecule has 156 valence electrons. The summed E-state index contributed by atoms with van der Waals surface area (Å²) < 4.78 is 5.65. The van der Waals surface area contributed by atoms with Crippen LogP contribution in [0, 0.1) is 5.92 Å². The summed E-state index contributed by atoms with van der Waals surface area (Å²) in [6.07, 6.45) is 7.44. The summed E-state index contributed by atoms with van der Waals surface area (Å²) in [4.78, 5) is 30.4. The summed E-state index contributed by atoms with van der Waals surface area (Å²) in [6.45, 7) is 1.56. The van der Waals surface area contributed by atoms with Crippen LogP contribution >= 0.6 is 0 Å². The quantitative estimate of drug-likeness (QED) is 0.716. The predicted molar refractivity (Wildman–Crippen MR) is 107 cm³/mol. The molecule has 8 heteroatoms. The first-order chi connectivity index (χ1) is 14.2. The second-order valence-corrected chi connectivity index (χ2v) is 8.06. The number of rotatable bonds is 5. The molecule has 0 spiro atoms. The first kappa shape index (κ1) is 19.7. The summed E-state index contributed by atoms with van der Waals surface area (Å²) in [6, 6.07) is 5.49. The smallest absolute Gasteiger partial charge is 0.267 e. The van der Waals surface area contributed by atoms with E-state index in [-0.39, 0.29) is 29.9 Å². The SMILES string of the molecule is COC1CC(C(=O)N2CCC(c3ccn[nH]3)CC2)CCC1NC(=O)c1ccc[nH]1. The molecule has 0 bridgehead atoms. The highest BCUT2D eigenvalue weighted by molar-refractivity contribution is 5.92. The van der Waals surface area contributed by atoms with Crippen molar-refractivity contribution in [3.8, 4) is 0 Å². The van der Waals surface area contributed by atoms with Crippen LogP contribution in [0.3, 0.4) is 0 Å². The van der Waals surface area contributed by atoms with E-state index in [0.717, 1.165) is 44.5 Å². The van der Waals surface area contributed by atoms with E-state index in [1.807, 2.05) is 11.0 Å². The highest BCUT2D eigenvalue weighted by Crippen LogP contribution is 2.31. The summed E-state index contributed by atoms with van der Waals surface area (Å²) in [5.41, 5.74) is 1.70. The lowest BCUT2D eigenvalue weighted by atomic mass is 9.82. The lowest BCUT2D eigenvalue weighted by molar-refractivity contribution is -0.139. The van der Waals surface area contributed by atoms with Crippen LogP contribution in [0.25, 0.3) is 0 Å². The minimum Gasteiger partial charge on any atom is -0.379 e. The van der Waals surface area contributed by atoms with Crippen LogP contribution in [0.4, 0.5) is 0 Å². The Hall–Kier alpha value is -2.61. The number of likely N-dealkylation sites (tertiary alicyclic amines) is 1. The van der Waals surface area contributed by atoms with Gasteiger partial charge in [0.15, 0.2) is 0 Å². The van der Waals surface area contributed by atoms with Gasteiger partial charge in [0.2, 0.25) is 5.91 Å². The Balaban J connectivity index is 1.30. The van der Waals surface area contributed by atoms with Crippen LogP contribution in [0.2, 0.25) is 0 Å². The predicted octanol–water partition coefficient (Wildman–Crippen LogP) is 2.06. The first-order valence-corrected chi connectivity index (χ1v) is 10.4. The zero-order chi connectivity index (χ0) is 20.2. The van der Waals surface area contributed by atoms with Crippen LogP contribution in [-0.4, -0.2) is 64.2 Å². The third-order valence-corrected chi connectivity index (χ3v) is 6.37. The Labute approximate surface area is 170 Å². The fourth-order valence-corrected chi connectivity index (χ4v) is 4.66. The molecule has 3 unspecified atom stereocenters. The zero-order valence-corrected chi connectivity index (χ0v) is 16.8. The van der Waals surface area contributed by atoms with Crippen molar-refractivity contribution in [2.45, 2.75) is 50.2 Å². The van der Waals surface area contributed by atoms with Crippen LogP contribution in [-0.2, 0) is 9.53 Å². The van der Waals surface area contributed by atoms with Gasteiger partial charge in [0, 0.05) is 50.1 Å². The molecule has 8 nitrogen and oxygen atoms in total. The van der Waals surface area contributed by atoms with E-state index >= 15 is 0 Å². The van der Waals surface area contributed by atoms with Gasteiger partial charge in [-0.1, -0.05) is 0 Å². The number of aromatic amines is 2. The second-order valence-electron chi connectivity index (χ2n) is 8.06. The molecule has 3 heterocycles. The van der Waals surface area contributed by atoms with Gasteiger partial charge in [0.25, 0.3) is 5.91 Å². The third kappa shape index (κ3) is 4.37. The van der Waals surface area contributed by atoms with Crippen molar-refractivity contribution < 1.29 is 14.3 Å². The van der Waals surface area contributed by atoms with Gasteiger partial charge in [0.05, 0.1) is 12.1 Å². The lowest BCUT2D eigenvalue weighted by Crippen LogP contribution is -2.51. The number of nitrogens with zero attached hydrogens (tertiary/aromatic N) is 2. The van der Waals surface area contributed by atoms with E-state index in [4.69, 9.17) is 4.74 Å². The fraction of sp³-hybridized carbons (Fsp3) is 0.571. The Morgan fingerprint density at radius 3 is 2.69 bits per heavy atom. The largest absolute Gasteiger partial charge is 0.379 e. The number of piperidine rings is 1. The van der Waals surface area contributed by atoms with Crippen molar-refractivity contribution >= 4 is 11.8 Å². The molecule has 1 aliphatic heterocycles. The standard InChI is InChI=1S/C21H29N5O3/c1-29-19-13-15(4-5-17(19)24-20(27)18-3-2-9-22-18)21(28)26-11-7-14(8-12-26)16-6-10-23-25-16/h2-3,6,9-10,14-15,17,19,22H,4-5,7-8,11-13H2,1H3,(H,23,25)(H,24,27). The molecule has 1 saturated carbocycles.